The first-order chi connectivity index (χ1) is 10.6. The lowest BCUT2D eigenvalue weighted by Gasteiger charge is -2.22. The third kappa shape index (κ3) is 3.55. The highest BCUT2D eigenvalue weighted by Crippen LogP contribution is 2.31. The lowest BCUT2D eigenvalue weighted by Crippen LogP contribution is -2.48. The van der Waals surface area contributed by atoms with Gasteiger partial charge in [-0.2, -0.15) is 0 Å². The number of benzene rings is 1. The van der Waals surface area contributed by atoms with Crippen LogP contribution in [0, 0.1) is 6.92 Å². The van der Waals surface area contributed by atoms with Crippen LogP contribution in [-0.2, 0) is 9.53 Å². The van der Waals surface area contributed by atoms with E-state index in [-0.39, 0.29) is 11.9 Å². The maximum Gasteiger partial charge on any atom is 0.245 e. The largest absolute Gasteiger partial charge is 0.378 e. The number of thiazole rings is 1. The van der Waals surface area contributed by atoms with Crippen LogP contribution in [0.15, 0.2) is 28.7 Å². The third-order valence-corrected chi connectivity index (χ3v) is 4.80. The number of anilines is 1. The summed E-state index contributed by atoms with van der Waals surface area (Å²) in [5, 5.41) is 6.62. The van der Waals surface area contributed by atoms with Gasteiger partial charge in [0, 0.05) is 21.5 Å². The molecular formula is C15H16BrN3O2S. The first kappa shape index (κ1) is 15.6. The maximum absolute atomic E-state index is 12.2. The molecule has 0 aliphatic carbocycles. The van der Waals surface area contributed by atoms with E-state index in [2.05, 4.69) is 31.5 Å². The lowest BCUT2D eigenvalue weighted by atomic mass is 10.1. The average Bonchev–Trinajstić information content (AvgIpc) is 2.89. The molecule has 1 aromatic heterocycles. The molecular weight excluding hydrogens is 366 g/mol. The monoisotopic (exact) mass is 381 g/mol. The van der Waals surface area contributed by atoms with E-state index >= 15 is 0 Å². The summed E-state index contributed by atoms with van der Waals surface area (Å²) in [6, 6.07) is 7.67. The van der Waals surface area contributed by atoms with Gasteiger partial charge in [-0.05, 0) is 19.1 Å². The molecule has 1 aromatic carbocycles. The van der Waals surface area contributed by atoms with Crippen molar-refractivity contribution in [3.8, 4) is 11.3 Å². The van der Waals surface area contributed by atoms with Crippen molar-refractivity contribution in [2.24, 2.45) is 0 Å². The number of hydrogen-bond donors (Lipinski definition) is 2. The van der Waals surface area contributed by atoms with Gasteiger partial charge in [0.2, 0.25) is 5.91 Å². The van der Waals surface area contributed by atoms with Gasteiger partial charge in [0.1, 0.15) is 6.04 Å². The Morgan fingerprint density at radius 1 is 1.45 bits per heavy atom. The zero-order valence-corrected chi connectivity index (χ0v) is 14.5. The zero-order chi connectivity index (χ0) is 15.5. The van der Waals surface area contributed by atoms with Gasteiger partial charge in [-0.15, -0.1) is 11.3 Å². The smallest absolute Gasteiger partial charge is 0.245 e. The summed E-state index contributed by atoms with van der Waals surface area (Å²) in [6.45, 7) is 3.75. The van der Waals surface area contributed by atoms with Gasteiger partial charge in [-0.3, -0.25) is 4.79 Å². The Kier molecular flexibility index (Phi) is 4.87. The number of hydrogen-bond acceptors (Lipinski definition) is 5. The van der Waals surface area contributed by atoms with E-state index in [0.29, 0.717) is 24.9 Å². The van der Waals surface area contributed by atoms with Crippen molar-refractivity contribution < 1.29 is 9.53 Å². The van der Waals surface area contributed by atoms with Crippen molar-refractivity contribution >= 4 is 38.3 Å². The number of morpholine rings is 1. The summed E-state index contributed by atoms with van der Waals surface area (Å²) in [6.07, 6.45) is 0. The van der Waals surface area contributed by atoms with Gasteiger partial charge >= 0.3 is 0 Å². The molecule has 116 valence electrons. The van der Waals surface area contributed by atoms with E-state index in [1.165, 1.54) is 11.3 Å². The van der Waals surface area contributed by atoms with Crippen LogP contribution in [0.25, 0.3) is 11.3 Å². The van der Waals surface area contributed by atoms with Crippen LogP contribution in [0.5, 0.6) is 0 Å². The molecule has 1 atom stereocenters. The van der Waals surface area contributed by atoms with Crippen molar-refractivity contribution in [3.63, 3.8) is 0 Å². The fourth-order valence-electron chi connectivity index (χ4n) is 2.25. The van der Waals surface area contributed by atoms with Gasteiger partial charge in [-0.25, -0.2) is 4.98 Å². The number of nitrogens with zero attached hydrogens (tertiary/aromatic N) is 1. The molecule has 0 spiro atoms. The van der Waals surface area contributed by atoms with E-state index in [0.717, 1.165) is 20.6 Å². The molecule has 0 saturated carbocycles. The van der Waals surface area contributed by atoms with Gasteiger partial charge in [0.05, 0.1) is 18.9 Å². The molecule has 2 N–H and O–H groups in total. The number of aromatic nitrogens is 1. The van der Waals surface area contributed by atoms with Gasteiger partial charge < -0.3 is 15.4 Å². The second-order valence-electron chi connectivity index (χ2n) is 5.00. The molecule has 2 heterocycles. The molecule has 3 rings (SSSR count). The SMILES string of the molecule is Cc1sc(NC(=O)C2COCCN2)nc1-c1ccc(Br)cc1. The molecule has 0 radical (unpaired) electrons. The second kappa shape index (κ2) is 6.87. The number of aryl methyl sites for hydroxylation is 1. The Balaban J connectivity index is 1.74. The number of carbonyl (C=O) groups excluding carboxylic acids is 1. The normalized spacial score (nSPS) is 18.2. The van der Waals surface area contributed by atoms with Crippen molar-refractivity contribution in [1.82, 2.24) is 10.3 Å². The number of amides is 1. The number of rotatable bonds is 3. The van der Waals surface area contributed by atoms with Crippen LogP contribution >= 0.6 is 27.3 Å². The maximum atomic E-state index is 12.2. The van der Waals surface area contributed by atoms with Crippen molar-refractivity contribution in [2.45, 2.75) is 13.0 Å². The predicted molar refractivity (Wildman–Crippen MR) is 91.2 cm³/mol. The highest BCUT2D eigenvalue weighted by atomic mass is 79.9. The topological polar surface area (TPSA) is 63.2 Å². The predicted octanol–water partition coefficient (Wildman–Crippen LogP) is 2.81. The first-order valence-corrected chi connectivity index (χ1v) is 8.60. The summed E-state index contributed by atoms with van der Waals surface area (Å²) in [5.41, 5.74) is 1.94. The molecule has 2 aromatic rings. The molecule has 0 bridgehead atoms. The van der Waals surface area contributed by atoms with E-state index < -0.39 is 0 Å². The minimum atomic E-state index is -0.311. The van der Waals surface area contributed by atoms with E-state index in [1.807, 2.05) is 31.2 Å². The van der Waals surface area contributed by atoms with Crippen molar-refractivity contribution in [2.75, 3.05) is 25.1 Å². The molecule has 1 unspecified atom stereocenters. The molecule has 1 aliphatic rings. The summed E-state index contributed by atoms with van der Waals surface area (Å²) in [7, 11) is 0. The fraction of sp³-hybridized carbons (Fsp3) is 0.333. The minimum absolute atomic E-state index is 0.101. The fourth-order valence-corrected chi connectivity index (χ4v) is 3.35. The summed E-state index contributed by atoms with van der Waals surface area (Å²) >= 11 is 4.91. The van der Waals surface area contributed by atoms with Crippen LogP contribution in [0.3, 0.4) is 0 Å². The number of nitrogens with one attached hydrogen (secondary N) is 2. The highest BCUT2D eigenvalue weighted by molar-refractivity contribution is 9.10. The van der Waals surface area contributed by atoms with Crippen LogP contribution < -0.4 is 10.6 Å². The Morgan fingerprint density at radius 2 is 2.23 bits per heavy atom. The molecule has 1 aliphatic heterocycles. The van der Waals surface area contributed by atoms with Gasteiger partial charge in [0.25, 0.3) is 0 Å². The van der Waals surface area contributed by atoms with Crippen molar-refractivity contribution in [3.05, 3.63) is 33.6 Å². The molecule has 1 amide bonds. The summed E-state index contributed by atoms with van der Waals surface area (Å²) in [4.78, 5) is 17.8. The quantitative estimate of drug-likeness (QED) is 0.857. The van der Waals surface area contributed by atoms with Gasteiger partial charge in [-0.1, -0.05) is 28.1 Å². The van der Waals surface area contributed by atoms with Gasteiger partial charge in [0.15, 0.2) is 5.13 Å². The van der Waals surface area contributed by atoms with E-state index in [1.54, 1.807) is 0 Å². The van der Waals surface area contributed by atoms with Crippen molar-refractivity contribution in [1.29, 1.82) is 0 Å². The summed E-state index contributed by atoms with van der Waals surface area (Å²) < 4.78 is 6.33. The first-order valence-electron chi connectivity index (χ1n) is 6.99. The second-order valence-corrected chi connectivity index (χ2v) is 7.12. The number of carbonyl (C=O) groups is 1. The Labute approximate surface area is 141 Å². The minimum Gasteiger partial charge on any atom is -0.378 e. The number of halogens is 1. The number of ether oxygens (including phenoxy) is 1. The standard InChI is InChI=1S/C15H16BrN3O2S/c1-9-13(10-2-4-11(16)5-3-10)18-15(22-9)19-14(20)12-8-21-7-6-17-12/h2-5,12,17H,6-8H2,1H3,(H,18,19,20). The van der Waals surface area contributed by atoms with E-state index in [9.17, 15) is 4.79 Å². The third-order valence-electron chi connectivity index (χ3n) is 3.38. The van der Waals surface area contributed by atoms with Crippen LogP contribution in [0.2, 0.25) is 0 Å². The highest BCUT2D eigenvalue weighted by Gasteiger charge is 2.22. The molecule has 7 heteroatoms. The van der Waals surface area contributed by atoms with Crippen LogP contribution in [0.1, 0.15) is 4.88 Å². The van der Waals surface area contributed by atoms with Crippen LogP contribution in [-0.4, -0.2) is 36.7 Å². The molecule has 22 heavy (non-hydrogen) atoms. The lowest BCUT2D eigenvalue weighted by molar-refractivity contribution is -0.120. The van der Waals surface area contributed by atoms with Crippen LogP contribution in [0.4, 0.5) is 5.13 Å². The Hall–Kier alpha value is -1.28. The molecule has 1 fully saturated rings. The Morgan fingerprint density at radius 3 is 2.91 bits per heavy atom. The molecule has 5 nitrogen and oxygen atoms in total. The average molecular weight is 382 g/mol. The Bertz CT molecular complexity index is 666. The molecule has 1 saturated heterocycles. The summed E-state index contributed by atoms with van der Waals surface area (Å²) in [5.74, 6) is -0.101. The van der Waals surface area contributed by atoms with E-state index in [4.69, 9.17) is 4.74 Å². The zero-order valence-electron chi connectivity index (χ0n) is 12.1.